The van der Waals surface area contributed by atoms with Crippen molar-refractivity contribution < 1.29 is 0 Å². The topological polar surface area (TPSA) is 15.3 Å². The maximum Gasteiger partial charge on any atom is 0.0931 e. The van der Waals surface area contributed by atoms with Gasteiger partial charge in [-0.05, 0) is 59.0 Å². The Balaban J connectivity index is 2.19. The third-order valence-electron chi connectivity index (χ3n) is 4.29. The van der Waals surface area contributed by atoms with Gasteiger partial charge in [0.25, 0.3) is 0 Å². The number of hydrogen-bond donors (Lipinski definition) is 1. The Hall–Kier alpha value is -0.0900. The SMILES string of the molecule is CNC(c1ccc(Cl)s1)C(C)(C)N1CCCCCC1. The van der Waals surface area contributed by atoms with Crippen LogP contribution in [0.15, 0.2) is 12.1 Å². The van der Waals surface area contributed by atoms with Gasteiger partial charge in [0.15, 0.2) is 0 Å². The first-order valence-electron chi connectivity index (χ1n) is 7.23. The van der Waals surface area contributed by atoms with Gasteiger partial charge in [0, 0.05) is 10.4 Å². The van der Waals surface area contributed by atoms with Crippen LogP contribution in [0.4, 0.5) is 0 Å². The normalized spacial score (nSPS) is 20.2. The third-order valence-corrected chi connectivity index (χ3v) is 5.59. The Morgan fingerprint density at radius 2 is 1.84 bits per heavy atom. The summed E-state index contributed by atoms with van der Waals surface area (Å²) in [5, 5.41) is 3.50. The van der Waals surface area contributed by atoms with Crippen LogP contribution in [0.5, 0.6) is 0 Å². The van der Waals surface area contributed by atoms with E-state index in [9.17, 15) is 0 Å². The van der Waals surface area contributed by atoms with Gasteiger partial charge in [-0.25, -0.2) is 0 Å². The van der Waals surface area contributed by atoms with E-state index in [0.29, 0.717) is 6.04 Å². The van der Waals surface area contributed by atoms with Gasteiger partial charge < -0.3 is 5.32 Å². The fourth-order valence-electron chi connectivity index (χ4n) is 3.16. The highest BCUT2D eigenvalue weighted by Crippen LogP contribution is 2.37. The Kier molecular flexibility index (Phi) is 5.29. The molecule has 1 aromatic heterocycles. The van der Waals surface area contributed by atoms with Crippen molar-refractivity contribution in [3.63, 3.8) is 0 Å². The van der Waals surface area contributed by atoms with E-state index in [-0.39, 0.29) is 5.54 Å². The van der Waals surface area contributed by atoms with Gasteiger partial charge in [0.2, 0.25) is 0 Å². The van der Waals surface area contributed by atoms with Crippen molar-refractivity contribution in [2.75, 3.05) is 20.1 Å². The maximum absolute atomic E-state index is 6.10. The minimum absolute atomic E-state index is 0.118. The highest BCUT2D eigenvalue weighted by Gasteiger charge is 2.36. The fourth-order valence-corrected chi connectivity index (χ4v) is 4.51. The number of halogens is 1. The molecule has 4 heteroatoms. The molecule has 2 heterocycles. The van der Waals surface area contributed by atoms with E-state index in [1.807, 2.05) is 6.07 Å². The number of hydrogen-bond acceptors (Lipinski definition) is 3. The molecule has 1 aliphatic rings. The number of rotatable bonds is 4. The highest BCUT2D eigenvalue weighted by molar-refractivity contribution is 7.16. The first kappa shape index (κ1) is 15.3. The summed E-state index contributed by atoms with van der Waals surface area (Å²) in [4.78, 5) is 3.98. The van der Waals surface area contributed by atoms with Gasteiger partial charge in [-0.15, -0.1) is 11.3 Å². The van der Waals surface area contributed by atoms with Crippen molar-refractivity contribution in [2.24, 2.45) is 0 Å². The molecule has 1 aromatic rings. The Morgan fingerprint density at radius 3 is 2.32 bits per heavy atom. The van der Waals surface area contributed by atoms with Crippen molar-refractivity contribution in [2.45, 2.75) is 51.1 Å². The standard InChI is InChI=1S/C15H25ClN2S/c1-15(2,18-10-6-4-5-7-11-18)14(17-3)12-8-9-13(16)19-12/h8-9,14,17H,4-7,10-11H2,1-3H3. The molecule has 0 radical (unpaired) electrons. The van der Waals surface area contributed by atoms with Crippen LogP contribution < -0.4 is 5.32 Å². The average Bonchev–Trinajstić information content (AvgIpc) is 2.65. The summed E-state index contributed by atoms with van der Waals surface area (Å²) in [5.41, 5.74) is 0.118. The molecule has 1 atom stereocenters. The zero-order chi connectivity index (χ0) is 13.9. The first-order valence-corrected chi connectivity index (χ1v) is 8.42. The zero-order valence-electron chi connectivity index (χ0n) is 12.2. The molecule has 1 fully saturated rings. The fraction of sp³-hybridized carbons (Fsp3) is 0.733. The largest absolute Gasteiger partial charge is 0.311 e. The maximum atomic E-state index is 6.10. The van der Waals surface area contributed by atoms with Crippen molar-refractivity contribution >= 4 is 22.9 Å². The molecule has 0 aromatic carbocycles. The molecule has 108 valence electrons. The molecular formula is C15H25ClN2S. The molecule has 19 heavy (non-hydrogen) atoms. The minimum atomic E-state index is 0.118. The van der Waals surface area contributed by atoms with E-state index in [1.165, 1.54) is 43.6 Å². The molecule has 0 amide bonds. The number of thiophene rings is 1. The molecule has 1 N–H and O–H groups in total. The first-order chi connectivity index (χ1) is 9.05. The smallest absolute Gasteiger partial charge is 0.0931 e. The molecule has 2 rings (SSSR count). The summed E-state index contributed by atoms with van der Waals surface area (Å²) in [7, 11) is 2.05. The molecular weight excluding hydrogens is 276 g/mol. The highest BCUT2D eigenvalue weighted by atomic mass is 35.5. The van der Waals surface area contributed by atoms with Gasteiger partial charge in [-0.2, -0.15) is 0 Å². The Labute approximate surface area is 126 Å². The van der Waals surface area contributed by atoms with Crippen LogP contribution in [0.2, 0.25) is 4.34 Å². The lowest BCUT2D eigenvalue weighted by Gasteiger charge is -2.43. The summed E-state index contributed by atoms with van der Waals surface area (Å²) in [5.74, 6) is 0. The minimum Gasteiger partial charge on any atom is -0.311 e. The van der Waals surface area contributed by atoms with Gasteiger partial charge in [-0.3, -0.25) is 4.90 Å². The second kappa shape index (κ2) is 6.57. The van der Waals surface area contributed by atoms with Crippen LogP contribution in [0.25, 0.3) is 0 Å². The second-order valence-electron chi connectivity index (χ2n) is 5.92. The quantitative estimate of drug-likeness (QED) is 0.891. The number of likely N-dealkylation sites (N-methyl/N-ethyl adjacent to an activating group) is 1. The van der Waals surface area contributed by atoms with E-state index in [0.717, 1.165) is 4.34 Å². The molecule has 0 aliphatic carbocycles. The van der Waals surface area contributed by atoms with Crippen molar-refractivity contribution in [1.82, 2.24) is 10.2 Å². The average molecular weight is 301 g/mol. The van der Waals surface area contributed by atoms with E-state index < -0.39 is 0 Å². The van der Waals surface area contributed by atoms with Gasteiger partial charge in [0.1, 0.15) is 0 Å². The summed E-state index contributed by atoms with van der Waals surface area (Å²) in [6.07, 6.45) is 5.40. The van der Waals surface area contributed by atoms with Crippen molar-refractivity contribution in [3.8, 4) is 0 Å². The number of nitrogens with zero attached hydrogens (tertiary/aromatic N) is 1. The second-order valence-corrected chi connectivity index (χ2v) is 7.67. The monoisotopic (exact) mass is 300 g/mol. The Morgan fingerprint density at radius 1 is 1.21 bits per heavy atom. The van der Waals surface area contributed by atoms with Crippen LogP contribution in [0.1, 0.15) is 50.4 Å². The van der Waals surface area contributed by atoms with E-state index in [2.05, 4.69) is 37.2 Å². The van der Waals surface area contributed by atoms with E-state index in [4.69, 9.17) is 11.6 Å². The van der Waals surface area contributed by atoms with E-state index >= 15 is 0 Å². The van der Waals surface area contributed by atoms with Crippen LogP contribution in [-0.4, -0.2) is 30.6 Å². The zero-order valence-corrected chi connectivity index (χ0v) is 13.8. The van der Waals surface area contributed by atoms with Gasteiger partial charge in [-0.1, -0.05) is 24.4 Å². The van der Waals surface area contributed by atoms with Crippen LogP contribution in [0.3, 0.4) is 0 Å². The van der Waals surface area contributed by atoms with Crippen LogP contribution in [-0.2, 0) is 0 Å². The third kappa shape index (κ3) is 3.52. The molecule has 0 bridgehead atoms. The molecule has 1 saturated heterocycles. The molecule has 2 nitrogen and oxygen atoms in total. The summed E-state index contributed by atoms with van der Waals surface area (Å²) in [6, 6.07) is 4.50. The van der Waals surface area contributed by atoms with E-state index in [1.54, 1.807) is 11.3 Å². The van der Waals surface area contributed by atoms with Gasteiger partial charge >= 0.3 is 0 Å². The predicted octanol–water partition coefficient (Wildman–Crippen LogP) is 4.32. The summed E-state index contributed by atoms with van der Waals surface area (Å²) in [6.45, 7) is 7.13. The lowest BCUT2D eigenvalue weighted by Crippen LogP contribution is -2.52. The lowest BCUT2D eigenvalue weighted by molar-refractivity contribution is 0.0877. The van der Waals surface area contributed by atoms with Crippen molar-refractivity contribution in [1.29, 1.82) is 0 Å². The predicted molar refractivity (Wildman–Crippen MR) is 85.2 cm³/mol. The van der Waals surface area contributed by atoms with Crippen molar-refractivity contribution in [3.05, 3.63) is 21.3 Å². The van der Waals surface area contributed by atoms with Crippen LogP contribution in [0, 0.1) is 0 Å². The number of likely N-dealkylation sites (tertiary alicyclic amines) is 1. The Bertz CT molecular complexity index is 395. The lowest BCUT2D eigenvalue weighted by atomic mass is 9.90. The summed E-state index contributed by atoms with van der Waals surface area (Å²) < 4.78 is 0.877. The molecule has 1 unspecified atom stereocenters. The molecule has 0 saturated carbocycles. The van der Waals surface area contributed by atoms with Crippen LogP contribution >= 0.6 is 22.9 Å². The number of nitrogens with one attached hydrogen (secondary N) is 1. The summed E-state index contributed by atoms with van der Waals surface area (Å²) >= 11 is 7.79. The molecule has 0 spiro atoms. The van der Waals surface area contributed by atoms with Gasteiger partial charge in [0.05, 0.1) is 10.4 Å². The molecule has 1 aliphatic heterocycles.